The zero-order chi connectivity index (χ0) is 11.3. The van der Waals surface area contributed by atoms with E-state index in [9.17, 15) is 8.42 Å². The summed E-state index contributed by atoms with van der Waals surface area (Å²) >= 11 is 0. The van der Waals surface area contributed by atoms with Gasteiger partial charge in [-0.3, -0.25) is 0 Å². The van der Waals surface area contributed by atoms with Crippen LogP contribution in [0.1, 0.15) is 39.5 Å². The molecular formula is C11H23NO2S. The summed E-state index contributed by atoms with van der Waals surface area (Å²) in [6.45, 7) is 5.34. The lowest BCUT2D eigenvalue weighted by molar-refractivity contribution is 0.400. The van der Waals surface area contributed by atoms with Crippen molar-refractivity contribution in [1.29, 1.82) is 0 Å². The van der Waals surface area contributed by atoms with Crippen molar-refractivity contribution in [2.75, 3.05) is 18.1 Å². The van der Waals surface area contributed by atoms with Crippen molar-refractivity contribution >= 4 is 9.84 Å². The zero-order valence-electron chi connectivity index (χ0n) is 9.83. The first kappa shape index (κ1) is 13.0. The van der Waals surface area contributed by atoms with E-state index in [4.69, 9.17) is 0 Å². The van der Waals surface area contributed by atoms with E-state index in [1.807, 2.05) is 0 Å². The summed E-state index contributed by atoms with van der Waals surface area (Å²) in [5.41, 5.74) is 0. The molecule has 90 valence electrons. The molecule has 0 spiro atoms. The second kappa shape index (κ2) is 5.85. The largest absolute Gasteiger partial charge is 0.313 e. The number of hydrogen-bond donors (Lipinski definition) is 1. The van der Waals surface area contributed by atoms with Crippen LogP contribution in [0.5, 0.6) is 0 Å². The Labute approximate surface area is 93.6 Å². The van der Waals surface area contributed by atoms with Crippen LogP contribution in [0.15, 0.2) is 0 Å². The van der Waals surface area contributed by atoms with Crippen molar-refractivity contribution < 1.29 is 8.42 Å². The molecule has 0 saturated carbocycles. The number of nitrogens with one attached hydrogen (secondary N) is 1. The van der Waals surface area contributed by atoms with Crippen LogP contribution in [0.3, 0.4) is 0 Å². The Kier molecular flexibility index (Phi) is 5.06. The topological polar surface area (TPSA) is 46.2 Å². The van der Waals surface area contributed by atoms with Gasteiger partial charge in [0.25, 0.3) is 0 Å². The van der Waals surface area contributed by atoms with Gasteiger partial charge < -0.3 is 5.32 Å². The Bertz CT molecular complexity index is 270. The minimum atomic E-state index is -2.76. The van der Waals surface area contributed by atoms with Crippen molar-refractivity contribution in [2.24, 2.45) is 5.92 Å². The maximum absolute atomic E-state index is 11.4. The lowest BCUT2D eigenvalue weighted by Crippen LogP contribution is -2.42. The summed E-state index contributed by atoms with van der Waals surface area (Å²) in [5.74, 6) is 1.41. The summed E-state index contributed by atoms with van der Waals surface area (Å²) in [4.78, 5) is 0. The second-order valence-corrected chi connectivity index (χ2v) is 6.77. The van der Waals surface area contributed by atoms with Crippen LogP contribution in [0.4, 0.5) is 0 Å². The highest BCUT2D eigenvalue weighted by Gasteiger charge is 2.24. The summed E-state index contributed by atoms with van der Waals surface area (Å²) in [6, 6.07) is 0.198. The van der Waals surface area contributed by atoms with Crippen LogP contribution in [-0.2, 0) is 9.84 Å². The van der Waals surface area contributed by atoms with Crippen LogP contribution in [0.25, 0.3) is 0 Å². The molecule has 4 heteroatoms. The van der Waals surface area contributed by atoms with E-state index in [2.05, 4.69) is 19.2 Å². The van der Waals surface area contributed by atoms with Crippen LogP contribution in [-0.4, -0.2) is 32.5 Å². The fourth-order valence-electron chi connectivity index (χ4n) is 2.09. The molecule has 1 aliphatic rings. The lowest BCUT2D eigenvalue weighted by Gasteiger charge is -2.25. The van der Waals surface area contributed by atoms with Gasteiger partial charge in [-0.1, -0.05) is 26.7 Å². The molecular weight excluding hydrogens is 210 g/mol. The maximum atomic E-state index is 11.4. The predicted octanol–water partition coefficient (Wildman–Crippen LogP) is 1.59. The fraction of sp³-hybridized carbons (Fsp3) is 1.00. The van der Waals surface area contributed by atoms with Gasteiger partial charge >= 0.3 is 0 Å². The van der Waals surface area contributed by atoms with Gasteiger partial charge in [0.05, 0.1) is 11.5 Å². The van der Waals surface area contributed by atoms with Gasteiger partial charge in [0.15, 0.2) is 9.84 Å². The molecule has 1 fully saturated rings. The first-order chi connectivity index (χ1) is 7.07. The van der Waals surface area contributed by atoms with Gasteiger partial charge in [-0.25, -0.2) is 8.42 Å². The average molecular weight is 233 g/mol. The average Bonchev–Trinajstić information content (AvgIpc) is 2.18. The Morgan fingerprint density at radius 3 is 2.53 bits per heavy atom. The summed E-state index contributed by atoms with van der Waals surface area (Å²) in [7, 11) is -2.76. The van der Waals surface area contributed by atoms with Crippen LogP contribution in [0.2, 0.25) is 0 Å². The minimum absolute atomic E-state index is 0.198. The molecule has 0 bridgehead atoms. The van der Waals surface area contributed by atoms with Gasteiger partial charge in [0.1, 0.15) is 0 Å². The van der Waals surface area contributed by atoms with E-state index in [1.165, 1.54) is 12.8 Å². The minimum Gasteiger partial charge on any atom is -0.313 e. The van der Waals surface area contributed by atoms with Crippen LogP contribution in [0, 0.1) is 5.92 Å². The monoisotopic (exact) mass is 233 g/mol. The van der Waals surface area contributed by atoms with E-state index in [1.54, 1.807) is 0 Å². The molecule has 0 aromatic rings. The van der Waals surface area contributed by atoms with E-state index in [-0.39, 0.29) is 6.04 Å². The first-order valence-electron chi connectivity index (χ1n) is 6.01. The predicted molar refractivity (Wildman–Crippen MR) is 63.8 cm³/mol. The van der Waals surface area contributed by atoms with E-state index in [0.29, 0.717) is 17.4 Å². The van der Waals surface area contributed by atoms with Crippen molar-refractivity contribution in [2.45, 2.75) is 45.6 Å². The van der Waals surface area contributed by atoms with E-state index >= 15 is 0 Å². The summed E-state index contributed by atoms with van der Waals surface area (Å²) in [5, 5.41) is 3.40. The highest BCUT2D eigenvalue weighted by Crippen LogP contribution is 2.13. The Morgan fingerprint density at radius 2 is 2.00 bits per heavy atom. The van der Waals surface area contributed by atoms with Crippen molar-refractivity contribution in [1.82, 2.24) is 5.32 Å². The van der Waals surface area contributed by atoms with Gasteiger partial charge in [-0.15, -0.1) is 0 Å². The molecule has 3 nitrogen and oxygen atoms in total. The normalized spacial score (nSPS) is 25.7. The number of sulfone groups is 1. The zero-order valence-corrected chi connectivity index (χ0v) is 10.6. The van der Waals surface area contributed by atoms with Gasteiger partial charge in [-0.2, -0.15) is 0 Å². The molecule has 1 heterocycles. The molecule has 1 N–H and O–H groups in total. The van der Waals surface area contributed by atoms with Crippen molar-refractivity contribution in [3.63, 3.8) is 0 Å². The number of hydrogen-bond acceptors (Lipinski definition) is 3. The molecule has 1 rings (SSSR count). The van der Waals surface area contributed by atoms with E-state index < -0.39 is 9.84 Å². The Morgan fingerprint density at radius 1 is 1.33 bits per heavy atom. The maximum Gasteiger partial charge on any atom is 0.151 e. The van der Waals surface area contributed by atoms with Gasteiger partial charge in [0, 0.05) is 6.04 Å². The molecule has 0 aliphatic carbocycles. The van der Waals surface area contributed by atoms with Crippen molar-refractivity contribution in [3.8, 4) is 0 Å². The van der Waals surface area contributed by atoms with Crippen molar-refractivity contribution in [3.05, 3.63) is 0 Å². The van der Waals surface area contributed by atoms with Gasteiger partial charge in [-0.05, 0) is 25.3 Å². The molecule has 0 aromatic carbocycles. The Hall–Kier alpha value is -0.0900. The molecule has 1 atom stereocenters. The molecule has 0 radical (unpaired) electrons. The highest BCUT2D eigenvalue weighted by atomic mass is 32.2. The fourth-order valence-corrected chi connectivity index (χ4v) is 3.77. The number of rotatable bonds is 5. The third-order valence-electron chi connectivity index (χ3n) is 3.31. The molecule has 0 amide bonds. The molecule has 0 aromatic heterocycles. The first-order valence-corrected chi connectivity index (χ1v) is 7.83. The Balaban J connectivity index is 2.32. The molecule has 15 heavy (non-hydrogen) atoms. The lowest BCUT2D eigenvalue weighted by atomic mass is 10.0. The van der Waals surface area contributed by atoms with Crippen LogP contribution >= 0.6 is 0 Å². The molecule has 1 saturated heterocycles. The van der Waals surface area contributed by atoms with Gasteiger partial charge in [0.2, 0.25) is 0 Å². The van der Waals surface area contributed by atoms with Crippen LogP contribution < -0.4 is 5.32 Å². The summed E-state index contributed by atoms with van der Waals surface area (Å²) < 4.78 is 22.8. The third-order valence-corrected chi connectivity index (χ3v) is 5.13. The quantitative estimate of drug-likeness (QED) is 0.784. The third kappa shape index (κ3) is 4.51. The SMILES string of the molecule is CCC(CC)CNC1CCCS(=O)(=O)C1. The van der Waals surface area contributed by atoms with E-state index in [0.717, 1.165) is 19.4 Å². The smallest absolute Gasteiger partial charge is 0.151 e. The molecule has 1 unspecified atom stereocenters. The highest BCUT2D eigenvalue weighted by molar-refractivity contribution is 7.91. The second-order valence-electron chi connectivity index (χ2n) is 4.54. The summed E-state index contributed by atoms with van der Waals surface area (Å²) in [6.07, 6.45) is 4.17. The molecule has 1 aliphatic heterocycles. The standard InChI is InChI=1S/C11H23NO2S/c1-3-10(4-2)8-12-11-6-5-7-15(13,14)9-11/h10-12H,3-9H2,1-2H3.